The molecule has 2 aromatic rings. The number of nitrogens with one attached hydrogen (secondary N) is 3. The molecule has 1 aromatic carbocycles. The Bertz CT molecular complexity index is 1120. The van der Waals surface area contributed by atoms with Crippen LogP contribution in [0.5, 0.6) is 0 Å². The predicted molar refractivity (Wildman–Crippen MR) is 150 cm³/mol. The Balaban J connectivity index is 1.05. The molecule has 0 saturated heterocycles. The van der Waals surface area contributed by atoms with E-state index in [2.05, 4.69) is 25.9 Å². The van der Waals surface area contributed by atoms with Crippen LogP contribution in [-0.2, 0) is 6.54 Å². The zero-order valence-corrected chi connectivity index (χ0v) is 23.1. The highest BCUT2D eigenvalue weighted by atomic mass is 35.5. The Morgan fingerprint density at radius 3 is 2.55 bits per heavy atom. The van der Waals surface area contributed by atoms with Gasteiger partial charge in [0.05, 0.1) is 11.8 Å². The third-order valence-electron chi connectivity index (χ3n) is 9.99. The molecule has 206 valence electrons. The van der Waals surface area contributed by atoms with Gasteiger partial charge < -0.3 is 21.1 Å². The molecular formula is C30H41ClFN5O. The molecule has 4 bridgehead atoms. The van der Waals surface area contributed by atoms with Crippen LogP contribution in [0.1, 0.15) is 70.3 Å². The van der Waals surface area contributed by atoms with Gasteiger partial charge in [-0.15, -0.1) is 0 Å². The molecular weight excluding hydrogens is 501 g/mol. The largest absolute Gasteiger partial charge is 0.390 e. The highest BCUT2D eigenvalue weighted by Crippen LogP contribution is 2.60. The van der Waals surface area contributed by atoms with Gasteiger partial charge in [-0.1, -0.05) is 29.8 Å². The third-order valence-corrected chi connectivity index (χ3v) is 10.4. The fourth-order valence-corrected chi connectivity index (χ4v) is 8.41. The summed E-state index contributed by atoms with van der Waals surface area (Å²) in [6, 6.07) is 8.25. The number of rotatable bonds is 9. The van der Waals surface area contributed by atoms with Crippen molar-refractivity contribution in [2.75, 3.05) is 23.7 Å². The molecule has 1 unspecified atom stereocenters. The fourth-order valence-electron chi connectivity index (χ4n) is 8.21. The van der Waals surface area contributed by atoms with Gasteiger partial charge in [0.1, 0.15) is 0 Å². The lowest BCUT2D eigenvalue weighted by Gasteiger charge is -2.60. The summed E-state index contributed by atoms with van der Waals surface area (Å²) in [7, 11) is 0. The average molecular weight is 542 g/mol. The van der Waals surface area contributed by atoms with Crippen LogP contribution >= 0.6 is 11.6 Å². The first-order valence-corrected chi connectivity index (χ1v) is 14.8. The van der Waals surface area contributed by atoms with Crippen molar-refractivity contribution < 1.29 is 9.50 Å². The number of benzene rings is 1. The van der Waals surface area contributed by atoms with Crippen molar-refractivity contribution in [3.63, 3.8) is 0 Å². The normalized spacial score (nSPS) is 35.8. The van der Waals surface area contributed by atoms with Crippen LogP contribution in [-0.4, -0.2) is 39.8 Å². The molecule has 5 atom stereocenters. The van der Waals surface area contributed by atoms with Crippen LogP contribution in [0.3, 0.4) is 0 Å². The molecule has 5 fully saturated rings. The first-order chi connectivity index (χ1) is 18.3. The second kappa shape index (κ2) is 10.5. The Labute approximate surface area is 230 Å². The van der Waals surface area contributed by atoms with E-state index in [-0.39, 0.29) is 11.2 Å². The number of aliphatic hydroxyl groups is 1. The van der Waals surface area contributed by atoms with Crippen molar-refractivity contribution in [2.45, 2.75) is 82.9 Å². The van der Waals surface area contributed by atoms with E-state index < -0.39 is 11.4 Å². The number of anilines is 2. The van der Waals surface area contributed by atoms with Crippen LogP contribution in [0, 0.1) is 34.9 Å². The van der Waals surface area contributed by atoms with Crippen molar-refractivity contribution in [3.8, 4) is 0 Å². The van der Waals surface area contributed by atoms with Crippen LogP contribution in [0.2, 0.25) is 5.02 Å². The van der Waals surface area contributed by atoms with E-state index in [9.17, 15) is 9.50 Å². The molecule has 1 heterocycles. The molecule has 5 aliphatic rings. The van der Waals surface area contributed by atoms with Crippen LogP contribution in [0.25, 0.3) is 0 Å². The lowest BCUT2D eigenvalue weighted by Crippen LogP contribution is -2.60. The first kappa shape index (κ1) is 26.3. The number of aromatic nitrogens is 2. The first-order valence-electron chi connectivity index (χ1n) is 14.5. The minimum Gasteiger partial charge on any atom is -0.390 e. The summed E-state index contributed by atoms with van der Waals surface area (Å²) in [5, 5.41) is 21.5. The van der Waals surface area contributed by atoms with Gasteiger partial charge in [0.25, 0.3) is 0 Å². The molecule has 0 aliphatic heterocycles. The lowest BCUT2D eigenvalue weighted by molar-refractivity contribution is -0.0711. The maximum absolute atomic E-state index is 14.7. The molecule has 0 spiro atoms. The molecule has 7 rings (SSSR count). The Morgan fingerprint density at radius 1 is 1.08 bits per heavy atom. The standard InChI is InChI=1S/C30H41ClFN5O/c1-29(38)8-6-19(7-9-29)15-33-26-22-10-20-11-23(26)14-30(12-20,13-22)18-36-27-25(32)17-35-28(37-27)34-16-21-4-2-3-5-24(21)31/h2-5,17,19-20,22-23,26,33,38H,6-16,18H2,1H3,(H2,34,35,36,37)/t19-,20?,22-,23+,26-,29-,30-. The fraction of sp³-hybridized carbons (Fsp3) is 0.667. The van der Waals surface area contributed by atoms with Gasteiger partial charge in [-0.3, -0.25) is 0 Å². The molecule has 6 nitrogen and oxygen atoms in total. The maximum Gasteiger partial charge on any atom is 0.225 e. The third kappa shape index (κ3) is 5.66. The van der Waals surface area contributed by atoms with E-state index in [1.165, 1.54) is 38.3 Å². The summed E-state index contributed by atoms with van der Waals surface area (Å²) < 4.78 is 14.7. The molecule has 0 radical (unpaired) electrons. The van der Waals surface area contributed by atoms with Gasteiger partial charge >= 0.3 is 0 Å². The monoisotopic (exact) mass is 541 g/mol. The SMILES string of the molecule is C[C@]1(O)CC[C@H](CN[C@@H]2[C@@H]3CC4C[C@H]2C[C@@](CNc2nc(NCc5ccccc5Cl)ncc2F)(C4)C3)CC1. The molecule has 0 amide bonds. The van der Waals surface area contributed by atoms with Gasteiger partial charge in [0.2, 0.25) is 5.95 Å². The van der Waals surface area contributed by atoms with Gasteiger partial charge in [0.15, 0.2) is 11.6 Å². The minimum absolute atomic E-state index is 0.223. The second-order valence-electron chi connectivity index (χ2n) is 13.0. The molecule has 1 aromatic heterocycles. The van der Waals surface area contributed by atoms with Crippen molar-refractivity contribution in [3.05, 3.63) is 46.9 Å². The summed E-state index contributed by atoms with van der Waals surface area (Å²) in [5.74, 6) is 3.15. The Kier molecular flexibility index (Phi) is 7.29. The van der Waals surface area contributed by atoms with Crippen LogP contribution in [0.15, 0.2) is 30.5 Å². The maximum atomic E-state index is 14.7. The number of nitrogens with zero attached hydrogens (tertiary/aromatic N) is 2. The van der Waals surface area contributed by atoms with E-state index in [0.717, 1.165) is 50.3 Å². The van der Waals surface area contributed by atoms with Crippen LogP contribution in [0.4, 0.5) is 16.2 Å². The zero-order chi connectivity index (χ0) is 26.3. The van der Waals surface area contributed by atoms with E-state index in [1.54, 1.807) is 0 Å². The van der Waals surface area contributed by atoms with E-state index in [1.807, 2.05) is 31.2 Å². The van der Waals surface area contributed by atoms with E-state index >= 15 is 0 Å². The molecule has 8 heteroatoms. The Morgan fingerprint density at radius 2 is 1.82 bits per heavy atom. The summed E-state index contributed by atoms with van der Waals surface area (Å²) in [4.78, 5) is 8.59. The van der Waals surface area contributed by atoms with E-state index in [4.69, 9.17) is 11.6 Å². The topological polar surface area (TPSA) is 82.1 Å². The summed E-state index contributed by atoms with van der Waals surface area (Å²) in [5.41, 5.74) is 0.707. The van der Waals surface area contributed by atoms with Crippen molar-refractivity contribution in [1.29, 1.82) is 0 Å². The molecule has 5 saturated carbocycles. The highest BCUT2D eigenvalue weighted by Gasteiger charge is 2.55. The second-order valence-corrected chi connectivity index (χ2v) is 13.4. The predicted octanol–water partition coefficient (Wildman–Crippen LogP) is 6.02. The van der Waals surface area contributed by atoms with Crippen molar-refractivity contribution in [1.82, 2.24) is 15.3 Å². The average Bonchev–Trinajstić information content (AvgIpc) is 2.88. The highest BCUT2D eigenvalue weighted by molar-refractivity contribution is 6.31. The zero-order valence-electron chi connectivity index (χ0n) is 22.4. The van der Waals surface area contributed by atoms with Gasteiger partial charge in [-0.05, 0) is 112 Å². The summed E-state index contributed by atoms with van der Waals surface area (Å²) >= 11 is 6.26. The van der Waals surface area contributed by atoms with Crippen molar-refractivity contribution in [2.24, 2.45) is 29.1 Å². The summed E-state index contributed by atoms with van der Waals surface area (Å²) in [6.45, 7) is 4.31. The van der Waals surface area contributed by atoms with Crippen molar-refractivity contribution >= 4 is 23.4 Å². The smallest absolute Gasteiger partial charge is 0.225 e. The lowest BCUT2D eigenvalue weighted by atomic mass is 9.48. The van der Waals surface area contributed by atoms with Gasteiger partial charge in [-0.2, -0.15) is 4.98 Å². The minimum atomic E-state index is -0.464. The number of hydrogen-bond acceptors (Lipinski definition) is 6. The van der Waals surface area contributed by atoms with Gasteiger partial charge in [-0.25, -0.2) is 9.37 Å². The van der Waals surface area contributed by atoms with E-state index in [0.29, 0.717) is 41.3 Å². The molecule has 38 heavy (non-hydrogen) atoms. The summed E-state index contributed by atoms with van der Waals surface area (Å²) in [6.07, 6.45) is 11.6. The number of hydrogen-bond donors (Lipinski definition) is 4. The van der Waals surface area contributed by atoms with Crippen LogP contribution < -0.4 is 16.0 Å². The Hall–Kier alpha value is -1.96. The quantitative estimate of drug-likeness (QED) is 0.311. The molecule has 5 aliphatic carbocycles. The molecule has 4 N–H and O–H groups in total. The van der Waals surface area contributed by atoms with Gasteiger partial charge in [0, 0.05) is 24.2 Å². The number of halogens is 2.